The number of rotatable bonds is 0. The van der Waals surface area contributed by atoms with Crippen LogP contribution in [0.1, 0.15) is 0 Å². The average Bonchev–Trinajstić information content (AvgIpc) is 1.00. The zero-order valence-corrected chi connectivity index (χ0v) is 11.3. The van der Waals surface area contributed by atoms with Gasteiger partial charge in [-0.05, 0) is 0 Å². The quantitative estimate of drug-likeness (QED) is 0.520. The molecule has 0 amide bonds. The Morgan fingerprint density at radius 2 is 1.25 bits per heavy atom. The van der Waals surface area contributed by atoms with E-state index in [9.17, 15) is 0 Å². The predicted octanol–water partition coefficient (Wildman–Crippen LogP) is -0.772. The van der Waals surface area contributed by atoms with Gasteiger partial charge < -0.3 is 0 Å². The van der Waals surface area contributed by atoms with Gasteiger partial charge in [-0.1, -0.05) is 0 Å². The summed E-state index contributed by atoms with van der Waals surface area (Å²) in [6.45, 7) is 0. The topological polar surface area (TPSA) is 17.1 Å². The van der Waals surface area contributed by atoms with Crippen molar-refractivity contribution in [1.82, 2.24) is 0 Å². The fourth-order valence-corrected chi connectivity index (χ4v) is 0. The Kier molecular flexibility index (Phi) is 76.3. The van der Waals surface area contributed by atoms with Gasteiger partial charge in [0, 0.05) is 47.6 Å². The van der Waals surface area contributed by atoms with Crippen molar-refractivity contribution in [3.63, 3.8) is 0 Å². The molecule has 0 aromatic carbocycles. The first-order valence-electron chi connectivity index (χ1n) is 0.289. The van der Waals surface area contributed by atoms with E-state index in [1.807, 2.05) is 0 Å². The standard InChI is InChI=1S/Hf.In.O.Ti.H. The van der Waals surface area contributed by atoms with E-state index in [4.69, 9.17) is 2.85 Å². The van der Waals surface area contributed by atoms with Crippen molar-refractivity contribution in [2.45, 2.75) is 0 Å². The minimum atomic E-state index is -0.1000. The predicted molar refractivity (Wildman–Crippen MR) is 7.84 cm³/mol. The summed E-state index contributed by atoms with van der Waals surface area (Å²) in [5.74, 6) is 0. The van der Waals surface area contributed by atoms with Crippen LogP contribution in [-0.4, -0.2) is 24.4 Å². The monoisotopic (exact) mass is 360 g/mol. The summed E-state index contributed by atoms with van der Waals surface area (Å²) in [7, 11) is 0. The van der Waals surface area contributed by atoms with Gasteiger partial charge in [-0.25, -0.2) is 0 Å². The molecule has 0 bridgehead atoms. The molecule has 0 N–H and O–H groups in total. The summed E-state index contributed by atoms with van der Waals surface area (Å²) in [5, 5.41) is 0. The molecule has 0 fully saturated rings. The van der Waals surface area contributed by atoms with E-state index in [2.05, 4.69) is 0 Å². The van der Waals surface area contributed by atoms with Crippen molar-refractivity contribution in [2.24, 2.45) is 0 Å². The van der Waals surface area contributed by atoms with Crippen LogP contribution in [0.5, 0.6) is 0 Å². The first-order chi connectivity index (χ1) is 1.00. The Morgan fingerprint density at radius 1 is 1.25 bits per heavy atom. The maximum Gasteiger partial charge on any atom is 0 e. The summed E-state index contributed by atoms with van der Waals surface area (Å²) in [4.78, 5) is 0. The molecular formula is HHfInOTi. The maximum atomic E-state index is 8.42. The molecule has 0 aromatic heterocycles. The number of hydrogen-bond acceptors (Lipinski definition) is 1. The minimum Gasteiger partial charge on any atom is 0 e. The first kappa shape index (κ1) is 16.3. The minimum absolute atomic E-state index is 0. The van der Waals surface area contributed by atoms with E-state index in [-0.39, 0.29) is 71.9 Å². The van der Waals surface area contributed by atoms with Crippen molar-refractivity contribution in [3.8, 4) is 0 Å². The van der Waals surface area contributed by atoms with E-state index in [1.54, 1.807) is 0 Å². The molecule has 0 aliphatic rings. The van der Waals surface area contributed by atoms with Crippen LogP contribution in [0, 0.1) is 0 Å². The van der Waals surface area contributed by atoms with Crippen LogP contribution < -0.4 is 0 Å². The molecule has 0 saturated carbocycles. The summed E-state index contributed by atoms with van der Waals surface area (Å²) < 4.78 is 8.42. The van der Waals surface area contributed by atoms with Gasteiger partial charge >= 0.3 is 27.2 Å². The SMILES string of the molecule is [Hf].[O]=[InH].[Ti]. The van der Waals surface area contributed by atoms with Gasteiger partial charge in [-0.15, -0.1) is 0 Å². The second-order valence-electron chi connectivity index (χ2n) is 0. The van der Waals surface area contributed by atoms with E-state index >= 15 is 0 Å². The average molecular weight is 358 g/mol. The molecule has 0 aliphatic heterocycles. The van der Waals surface area contributed by atoms with Crippen LogP contribution in [0.15, 0.2) is 0 Å². The zero-order valence-electron chi connectivity index (χ0n) is 2.12. The third-order valence-corrected chi connectivity index (χ3v) is 0. The molecule has 0 rings (SSSR count). The first-order valence-corrected chi connectivity index (χ1v) is 1.94. The molecule has 4 heavy (non-hydrogen) atoms. The fraction of sp³-hybridized carbons (Fsp3) is 0. The number of hydrogen-bond donors (Lipinski definition) is 0. The molecule has 0 heterocycles. The van der Waals surface area contributed by atoms with Crippen LogP contribution in [0.25, 0.3) is 0 Å². The molecule has 0 unspecified atom stereocenters. The Bertz CT molecular complexity index is 8.00. The van der Waals surface area contributed by atoms with E-state index in [0.717, 1.165) is 0 Å². The van der Waals surface area contributed by atoms with Gasteiger partial charge in [0.1, 0.15) is 0 Å². The summed E-state index contributed by atoms with van der Waals surface area (Å²) in [6, 6.07) is 0. The van der Waals surface area contributed by atoms with Gasteiger partial charge in [-0.2, -0.15) is 0 Å². The van der Waals surface area contributed by atoms with E-state index in [1.165, 1.54) is 0 Å². The van der Waals surface area contributed by atoms with Crippen molar-refractivity contribution in [1.29, 1.82) is 0 Å². The zero-order chi connectivity index (χ0) is 2.00. The molecular weight excluding hydrogens is 357 g/mol. The summed E-state index contributed by atoms with van der Waals surface area (Å²) in [5.41, 5.74) is 0. The second kappa shape index (κ2) is 18.7. The van der Waals surface area contributed by atoms with Crippen molar-refractivity contribution < 1.29 is 50.4 Å². The smallest absolute Gasteiger partial charge is 0 e. The molecule has 1 nitrogen and oxygen atoms in total. The van der Waals surface area contributed by atoms with Crippen molar-refractivity contribution >= 4 is 24.4 Å². The van der Waals surface area contributed by atoms with Crippen LogP contribution in [-0.2, 0) is 50.4 Å². The van der Waals surface area contributed by atoms with Gasteiger partial charge in [0.25, 0.3) is 0 Å². The van der Waals surface area contributed by atoms with E-state index < -0.39 is 0 Å². The van der Waals surface area contributed by atoms with Crippen LogP contribution >= 0.6 is 0 Å². The maximum absolute atomic E-state index is 8.42. The molecule has 0 aliphatic carbocycles. The normalized spacial score (nSPS) is 0.750. The van der Waals surface area contributed by atoms with Crippen LogP contribution in [0.2, 0.25) is 0 Å². The van der Waals surface area contributed by atoms with Crippen molar-refractivity contribution in [2.75, 3.05) is 0 Å². The molecule has 0 saturated heterocycles. The Labute approximate surface area is 73.6 Å². The van der Waals surface area contributed by atoms with E-state index in [0.29, 0.717) is 0 Å². The fourth-order valence-electron chi connectivity index (χ4n) is 0. The van der Waals surface area contributed by atoms with Crippen LogP contribution in [0.4, 0.5) is 0 Å². The third-order valence-electron chi connectivity index (χ3n) is 0. The molecule has 0 atom stereocenters. The largest absolute Gasteiger partial charge is 0 e. The van der Waals surface area contributed by atoms with Crippen molar-refractivity contribution in [3.05, 3.63) is 0 Å². The Balaban J connectivity index is -0.00000000500. The Hall–Kier alpha value is 2.25. The van der Waals surface area contributed by atoms with Gasteiger partial charge in [0.05, 0.1) is 0 Å². The van der Waals surface area contributed by atoms with Gasteiger partial charge in [0.15, 0.2) is 0 Å². The molecule has 0 spiro atoms. The third kappa shape index (κ3) is 8.87. The van der Waals surface area contributed by atoms with Gasteiger partial charge in [0.2, 0.25) is 0 Å². The summed E-state index contributed by atoms with van der Waals surface area (Å²) in [6.07, 6.45) is 0. The van der Waals surface area contributed by atoms with Crippen LogP contribution in [0.3, 0.4) is 0 Å². The van der Waals surface area contributed by atoms with Gasteiger partial charge in [-0.3, -0.25) is 0 Å². The summed E-state index contributed by atoms with van der Waals surface area (Å²) >= 11 is -0.1000. The second-order valence-corrected chi connectivity index (χ2v) is 0. The molecule has 4 heteroatoms. The Morgan fingerprint density at radius 3 is 1.25 bits per heavy atom. The molecule has 0 aromatic rings. The molecule has 0 radical (unpaired) electrons. The molecule has 18 valence electrons.